The molecule has 0 fully saturated rings. The van der Waals surface area contributed by atoms with Crippen LogP contribution in [0.4, 0.5) is 5.69 Å². The van der Waals surface area contributed by atoms with Crippen molar-refractivity contribution >= 4 is 38.7 Å². The zero-order valence-corrected chi connectivity index (χ0v) is 8.32. The van der Waals surface area contributed by atoms with Crippen LogP contribution in [0.15, 0.2) is 17.5 Å². The molecular weight excluding hydrogens is 206 g/mol. The van der Waals surface area contributed by atoms with Gasteiger partial charge in [-0.15, -0.1) is 22.9 Å². The highest BCUT2D eigenvalue weighted by Gasteiger charge is 2.07. The number of benzene rings is 1. The summed E-state index contributed by atoms with van der Waals surface area (Å²) in [4.78, 5) is 0. The molecule has 13 heavy (non-hydrogen) atoms. The fourth-order valence-corrected chi connectivity index (χ4v) is 2.39. The van der Waals surface area contributed by atoms with Gasteiger partial charge < -0.3 is 10.8 Å². The van der Waals surface area contributed by atoms with E-state index in [1.165, 1.54) is 11.3 Å². The Labute approximate surface area is 84.6 Å². The molecule has 3 N–H and O–H groups in total. The zero-order valence-electron chi connectivity index (χ0n) is 6.75. The smallest absolute Gasteiger partial charge is 0.126 e. The number of nitrogen functional groups attached to an aromatic ring is 1. The van der Waals surface area contributed by atoms with Crippen LogP contribution in [0.1, 0.15) is 5.56 Å². The number of hydrogen-bond donors (Lipinski definition) is 2. The third kappa shape index (κ3) is 1.34. The van der Waals surface area contributed by atoms with E-state index in [4.69, 9.17) is 17.3 Å². The molecule has 0 spiro atoms. The minimum Gasteiger partial charge on any atom is -0.507 e. The Kier molecular flexibility index (Phi) is 2.06. The van der Waals surface area contributed by atoms with Gasteiger partial charge in [0.05, 0.1) is 11.1 Å². The first-order chi connectivity index (χ1) is 6.22. The number of aromatic hydroxyl groups is 1. The Hall–Kier alpha value is -0.930. The molecule has 0 amide bonds. The fourth-order valence-electron chi connectivity index (χ4n) is 1.30. The van der Waals surface area contributed by atoms with Crippen LogP contribution in [-0.2, 0) is 5.88 Å². The summed E-state index contributed by atoms with van der Waals surface area (Å²) >= 11 is 7.18. The second-order valence-corrected chi connectivity index (χ2v) is 3.99. The molecule has 0 unspecified atom stereocenters. The van der Waals surface area contributed by atoms with E-state index in [0.717, 1.165) is 15.6 Å². The second kappa shape index (κ2) is 3.09. The van der Waals surface area contributed by atoms with Crippen LogP contribution < -0.4 is 5.73 Å². The van der Waals surface area contributed by atoms with Crippen LogP contribution >= 0.6 is 22.9 Å². The number of phenolic OH excluding ortho intramolecular Hbond substituents is 1. The van der Waals surface area contributed by atoms with Gasteiger partial charge in [0.2, 0.25) is 0 Å². The van der Waals surface area contributed by atoms with Crippen molar-refractivity contribution in [2.24, 2.45) is 0 Å². The number of alkyl halides is 1. The topological polar surface area (TPSA) is 46.2 Å². The van der Waals surface area contributed by atoms with E-state index in [-0.39, 0.29) is 5.75 Å². The lowest BCUT2D eigenvalue weighted by molar-refractivity contribution is 0.481. The van der Waals surface area contributed by atoms with Crippen LogP contribution in [-0.4, -0.2) is 5.11 Å². The number of rotatable bonds is 1. The molecule has 68 valence electrons. The van der Waals surface area contributed by atoms with Crippen LogP contribution in [0.5, 0.6) is 5.75 Å². The molecule has 0 atom stereocenters. The molecule has 0 saturated carbocycles. The standard InChI is InChI=1S/C9H8ClNOS/c10-3-5-1-7(12)9-6(11)4-13-8(9)2-5/h1-2,4,12H,3,11H2. The molecule has 0 aliphatic heterocycles. The van der Waals surface area contributed by atoms with Crippen LogP contribution in [0.2, 0.25) is 0 Å². The Bertz CT molecular complexity index is 452. The molecule has 2 aromatic rings. The molecule has 0 aliphatic carbocycles. The Morgan fingerprint density at radius 2 is 2.23 bits per heavy atom. The molecule has 2 rings (SSSR count). The van der Waals surface area contributed by atoms with E-state index in [1.807, 2.05) is 11.4 Å². The molecule has 0 bridgehead atoms. The second-order valence-electron chi connectivity index (χ2n) is 2.81. The molecule has 0 saturated heterocycles. The monoisotopic (exact) mass is 213 g/mol. The summed E-state index contributed by atoms with van der Waals surface area (Å²) in [5.74, 6) is 0.619. The number of phenols is 1. The van der Waals surface area contributed by atoms with Gasteiger partial charge in [0.15, 0.2) is 0 Å². The van der Waals surface area contributed by atoms with Crippen molar-refractivity contribution in [1.29, 1.82) is 0 Å². The largest absolute Gasteiger partial charge is 0.507 e. The number of halogens is 1. The van der Waals surface area contributed by atoms with Crippen molar-refractivity contribution in [3.63, 3.8) is 0 Å². The Balaban J connectivity index is 2.79. The number of thiophene rings is 1. The van der Waals surface area contributed by atoms with Gasteiger partial charge in [-0.05, 0) is 17.7 Å². The Morgan fingerprint density at radius 3 is 2.92 bits per heavy atom. The average molecular weight is 214 g/mol. The third-order valence-electron chi connectivity index (χ3n) is 1.90. The van der Waals surface area contributed by atoms with E-state index in [9.17, 15) is 5.11 Å². The van der Waals surface area contributed by atoms with E-state index < -0.39 is 0 Å². The summed E-state index contributed by atoms with van der Waals surface area (Å²) < 4.78 is 0.980. The molecule has 1 heterocycles. The first-order valence-electron chi connectivity index (χ1n) is 3.77. The fraction of sp³-hybridized carbons (Fsp3) is 0.111. The lowest BCUT2D eigenvalue weighted by Crippen LogP contribution is -1.82. The summed E-state index contributed by atoms with van der Waals surface area (Å²) in [6, 6.07) is 3.60. The lowest BCUT2D eigenvalue weighted by Gasteiger charge is -2.00. The van der Waals surface area contributed by atoms with Crippen molar-refractivity contribution in [1.82, 2.24) is 0 Å². The summed E-state index contributed by atoms with van der Waals surface area (Å²) in [5, 5.41) is 12.2. The van der Waals surface area contributed by atoms with Gasteiger partial charge in [0, 0.05) is 16.0 Å². The highest BCUT2D eigenvalue weighted by molar-refractivity contribution is 7.17. The zero-order chi connectivity index (χ0) is 9.42. The molecule has 0 radical (unpaired) electrons. The molecular formula is C9H8ClNOS. The van der Waals surface area contributed by atoms with Crippen molar-refractivity contribution in [2.75, 3.05) is 5.73 Å². The first kappa shape index (κ1) is 8.66. The maximum atomic E-state index is 9.62. The van der Waals surface area contributed by atoms with Gasteiger partial charge in [-0.1, -0.05) is 0 Å². The number of nitrogens with two attached hydrogens (primary N) is 1. The van der Waals surface area contributed by atoms with Crippen molar-refractivity contribution < 1.29 is 5.11 Å². The van der Waals surface area contributed by atoms with Gasteiger partial charge >= 0.3 is 0 Å². The summed E-state index contributed by atoms with van der Waals surface area (Å²) in [6.45, 7) is 0. The van der Waals surface area contributed by atoms with Crippen molar-refractivity contribution in [3.8, 4) is 5.75 Å². The molecule has 1 aromatic heterocycles. The minimum absolute atomic E-state index is 0.215. The van der Waals surface area contributed by atoms with Gasteiger partial charge in [-0.3, -0.25) is 0 Å². The van der Waals surface area contributed by atoms with Gasteiger partial charge in [-0.25, -0.2) is 0 Å². The average Bonchev–Trinajstić information content (AvgIpc) is 2.48. The van der Waals surface area contributed by atoms with Gasteiger partial charge in [0.25, 0.3) is 0 Å². The van der Waals surface area contributed by atoms with Gasteiger partial charge in [0.1, 0.15) is 5.75 Å². The predicted octanol–water partition coefficient (Wildman–Crippen LogP) is 2.93. The highest BCUT2D eigenvalue weighted by Crippen LogP contribution is 2.36. The third-order valence-corrected chi connectivity index (χ3v) is 3.15. The molecule has 2 nitrogen and oxygen atoms in total. The minimum atomic E-state index is 0.215. The number of hydrogen-bond acceptors (Lipinski definition) is 3. The molecule has 0 aliphatic rings. The van der Waals surface area contributed by atoms with Crippen molar-refractivity contribution in [2.45, 2.75) is 5.88 Å². The van der Waals surface area contributed by atoms with E-state index in [2.05, 4.69) is 0 Å². The van der Waals surface area contributed by atoms with E-state index in [1.54, 1.807) is 6.07 Å². The van der Waals surface area contributed by atoms with Crippen molar-refractivity contribution in [3.05, 3.63) is 23.1 Å². The summed E-state index contributed by atoms with van der Waals surface area (Å²) in [5.41, 5.74) is 7.22. The van der Waals surface area contributed by atoms with E-state index in [0.29, 0.717) is 11.6 Å². The summed E-state index contributed by atoms with van der Waals surface area (Å²) in [6.07, 6.45) is 0. The maximum Gasteiger partial charge on any atom is 0.126 e. The predicted molar refractivity (Wildman–Crippen MR) is 57.5 cm³/mol. The highest BCUT2D eigenvalue weighted by atomic mass is 35.5. The summed E-state index contributed by atoms with van der Waals surface area (Å²) in [7, 11) is 0. The number of fused-ring (bicyclic) bond motifs is 1. The van der Waals surface area contributed by atoms with Gasteiger partial charge in [-0.2, -0.15) is 0 Å². The quantitative estimate of drug-likeness (QED) is 0.716. The Morgan fingerprint density at radius 1 is 1.46 bits per heavy atom. The van der Waals surface area contributed by atoms with Crippen LogP contribution in [0, 0.1) is 0 Å². The molecule has 4 heteroatoms. The van der Waals surface area contributed by atoms with Crippen LogP contribution in [0.25, 0.3) is 10.1 Å². The molecule has 1 aromatic carbocycles. The lowest BCUT2D eigenvalue weighted by atomic mass is 10.1. The van der Waals surface area contributed by atoms with E-state index >= 15 is 0 Å². The normalized spacial score (nSPS) is 10.8. The maximum absolute atomic E-state index is 9.62. The number of anilines is 1. The SMILES string of the molecule is Nc1csc2cc(CCl)cc(O)c12. The first-order valence-corrected chi connectivity index (χ1v) is 5.18. The van der Waals surface area contributed by atoms with Crippen LogP contribution in [0.3, 0.4) is 0 Å².